The second-order valence-corrected chi connectivity index (χ2v) is 8.63. The summed E-state index contributed by atoms with van der Waals surface area (Å²) in [5.41, 5.74) is 3.90. The molecule has 1 unspecified atom stereocenters. The Morgan fingerprint density at radius 2 is 1.63 bits per heavy atom. The lowest BCUT2D eigenvalue weighted by Gasteiger charge is -2.16. The van der Waals surface area contributed by atoms with Gasteiger partial charge in [0.15, 0.2) is 0 Å². The van der Waals surface area contributed by atoms with Crippen LogP contribution in [0.3, 0.4) is 0 Å². The zero-order chi connectivity index (χ0) is 21.1. The molecule has 1 aromatic heterocycles. The van der Waals surface area contributed by atoms with Crippen molar-refractivity contribution < 1.29 is 8.42 Å². The summed E-state index contributed by atoms with van der Waals surface area (Å²) in [6.45, 7) is 3.81. The van der Waals surface area contributed by atoms with Crippen molar-refractivity contribution in [3.63, 3.8) is 0 Å². The quantitative estimate of drug-likeness (QED) is 0.381. The number of aryl methyl sites for hydroxylation is 1. The maximum Gasteiger partial charge on any atom is 0.276 e. The number of para-hydroxylation sites is 1. The molecule has 8 heteroatoms. The molecule has 4 rings (SSSR count). The minimum Gasteiger partial charge on any atom is -0.236 e. The Hall–Kier alpha value is -3.52. The molecule has 0 aliphatic carbocycles. The molecule has 0 bridgehead atoms. The van der Waals surface area contributed by atoms with Crippen molar-refractivity contribution in [2.45, 2.75) is 24.8 Å². The van der Waals surface area contributed by atoms with Gasteiger partial charge in [0.2, 0.25) is 0 Å². The highest BCUT2D eigenvalue weighted by atomic mass is 32.2. The lowest BCUT2D eigenvalue weighted by molar-refractivity contribution is 0.580. The van der Waals surface area contributed by atoms with Crippen molar-refractivity contribution in [1.82, 2.24) is 19.8 Å². The van der Waals surface area contributed by atoms with Crippen LogP contribution in [0.2, 0.25) is 0 Å². The van der Waals surface area contributed by atoms with E-state index in [1.54, 1.807) is 28.9 Å². The number of hydrogen-bond acceptors (Lipinski definition) is 5. The van der Waals surface area contributed by atoms with Gasteiger partial charge in [0.1, 0.15) is 5.52 Å². The van der Waals surface area contributed by atoms with Crippen molar-refractivity contribution in [3.05, 3.63) is 90.0 Å². The van der Waals surface area contributed by atoms with E-state index >= 15 is 0 Å². The molecule has 0 spiro atoms. The Labute approximate surface area is 175 Å². The number of aromatic nitrogens is 3. The molecule has 0 saturated heterocycles. The largest absolute Gasteiger partial charge is 0.276 e. The minimum absolute atomic E-state index is 0.156. The fraction of sp³-hybridized carbons (Fsp3) is 0.136. The first kappa shape index (κ1) is 19.8. The number of sulfonamides is 1. The van der Waals surface area contributed by atoms with Crippen LogP contribution in [0.1, 0.15) is 24.1 Å². The molecule has 0 fully saturated rings. The fourth-order valence-corrected chi connectivity index (χ4v) is 3.99. The third-order valence-electron chi connectivity index (χ3n) is 4.83. The van der Waals surface area contributed by atoms with Gasteiger partial charge in [-0.05, 0) is 43.7 Å². The number of hydrazone groups is 1. The third-order valence-corrected chi connectivity index (χ3v) is 6.05. The van der Waals surface area contributed by atoms with Gasteiger partial charge in [-0.2, -0.15) is 18.4 Å². The molecule has 4 aromatic rings. The van der Waals surface area contributed by atoms with Crippen molar-refractivity contribution in [2.24, 2.45) is 5.10 Å². The number of nitrogens with one attached hydrogen (secondary N) is 1. The molecule has 0 aliphatic heterocycles. The summed E-state index contributed by atoms with van der Waals surface area (Å²) >= 11 is 0. The summed E-state index contributed by atoms with van der Waals surface area (Å²) in [6, 6.07) is 23.3. The summed E-state index contributed by atoms with van der Waals surface area (Å²) in [5.74, 6) is 0. The van der Waals surface area contributed by atoms with Crippen LogP contribution in [0.4, 0.5) is 0 Å². The van der Waals surface area contributed by atoms with E-state index in [1.165, 1.54) is 0 Å². The predicted molar refractivity (Wildman–Crippen MR) is 117 cm³/mol. The Balaban J connectivity index is 1.74. The topological polar surface area (TPSA) is 89.2 Å². The van der Waals surface area contributed by atoms with E-state index in [9.17, 15) is 8.42 Å². The van der Waals surface area contributed by atoms with Crippen LogP contribution in [0, 0.1) is 6.92 Å². The smallest absolute Gasteiger partial charge is 0.236 e. The summed E-state index contributed by atoms with van der Waals surface area (Å²) in [6.07, 6.45) is 0. The van der Waals surface area contributed by atoms with Gasteiger partial charge in [-0.3, -0.25) is 0 Å². The van der Waals surface area contributed by atoms with Crippen molar-refractivity contribution in [2.75, 3.05) is 0 Å². The number of fused-ring (bicyclic) bond motifs is 1. The molecule has 152 valence electrons. The lowest BCUT2D eigenvalue weighted by atomic mass is 10.0. The second kappa shape index (κ2) is 8.08. The molecule has 0 aliphatic rings. The molecule has 0 radical (unpaired) electrons. The highest BCUT2D eigenvalue weighted by Gasteiger charge is 2.20. The summed E-state index contributed by atoms with van der Waals surface area (Å²) in [7, 11) is -3.81. The molecular formula is C22H21N5O2S. The standard InChI is InChI=1S/C22H21N5O2S/c1-16-12-14-19(15-13-16)30(28,29)26-24-22(18-8-4-3-5-9-18)17(2)27-21-11-7-6-10-20(21)23-25-27/h3-15,17,26H,1-2H3/b24-22-. The van der Waals surface area contributed by atoms with E-state index in [1.807, 2.05) is 68.4 Å². The maximum atomic E-state index is 12.7. The maximum absolute atomic E-state index is 12.7. The average Bonchev–Trinajstić information content (AvgIpc) is 3.19. The van der Waals surface area contributed by atoms with Crippen LogP contribution in [-0.4, -0.2) is 29.1 Å². The van der Waals surface area contributed by atoms with E-state index in [0.717, 1.165) is 22.2 Å². The van der Waals surface area contributed by atoms with Crippen LogP contribution >= 0.6 is 0 Å². The van der Waals surface area contributed by atoms with Gasteiger partial charge in [0.05, 0.1) is 22.2 Å². The first-order valence-corrected chi connectivity index (χ1v) is 11.0. The van der Waals surface area contributed by atoms with Gasteiger partial charge in [-0.25, -0.2) is 4.68 Å². The first-order valence-electron chi connectivity index (χ1n) is 9.47. The molecule has 1 heterocycles. The molecule has 30 heavy (non-hydrogen) atoms. The van der Waals surface area contributed by atoms with Crippen LogP contribution in [-0.2, 0) is 10.0 Å². The molecule has 1 N–H and O–H groups in total. The summed E-state index contributed by atoms with van der Waals surface area (Å²) in [4.78, 5) is 2.54. The van der Waals surface area contributed by atoms with Gasteiger partial charge < -0.3 is 0 Å². The SMILES string of the molecule is Cc1ccc(S(=O)(=O)N/N=C(\c2ccccc2)C(C)n2nnc3ccccc32)cc1. The van der Waals surface area contributed by atoms with Crippen molar-refractivity contribution >= 4 is 26.8 Å². The minimum atomic E-state index is -3.81. The summed E-state index contributed by atoms with van der Waals surface area (Å²) in [5, 5.41) is 12.8. The Morgan fingerprint density at radius 1 is 0.967 bits per heavy atom. The van der Waals surface area contributed by atoms with Crippen LogP contribution in [0.15, 0.2) is 88.9 Å². The van der Waals surface area contributed by atoms with Gasteiger partial charge in [-0.1, -0.05) is 65.4 Å². The van der Waals surface area contributed by atoms with E-state index < -0.39 is 10.0 Å². The zero-order valence-electron chi connectivity index (χ0n) is 16.6. The molecule has 0 amide bonds. The van der Waals surface area contributed by atoms with E-state index in [4.69, 9.17) is 0 Å². The third kappa shape index (κ3) is 3.95. The second-order valence-electron chi connectivity index (χ2n) is 6.97. The van der Waals surface area contributed by atoms with Gasteiger partial charge >= 0.3 is 0 Å². The Kier molecular flexibility index (Phi) is 5.33. The number of nitrogens with zero attached hydrogens (tertiary/aromatic N) is 4. The van der Waals surface area contributed by atoms with E-state index in [2.05, 4.69) is 20.2 Å². The Morgan fingerprint density at radius 3 is 2.37 bits per heavy atom. The van der Waals surface area contributed by atoms with E-state index in [0.29, 0.717) is 5.71 Å². The lowest BCUT2D eigenvalue weighted by Crippen LogP contribution is -2.25. The van der Waals surface area contributed by atoms with Crippen LogP contribution < -0.4 is 4.83 Å². The normalized spacial score (nSPS) is 13.3. The predicted octanol–water partition coefficient (Wildman–Crippen LogP) is 3.68. The van der Waals surface area contributed by atoms with Gasteiger partial charge in [0.25, 0.3) is 10.0 Å². The van der Waals surface area contributed by atoms with Crippen LogP contribution in [0.25, 0.3) is 11.0 Å². The number of benzene rings is 3. The monoisotopic (exact) mass is 419 g/mol. The highest BCUT2D eigenvalue weighted by Crippen LogP contribution is 2.20. The van der Waals surface area contributed by atoms with Gasteiger partial charge in [0, 0.05) is 0 Å². The Bertz CT molecular complexity index is 1300. The number of rotatable bonds is 6. The molecule has 7 nitrogen and oxygen atoms in total. The summed E-state index contributed by atoms with van der Waals surface area (Å²) < 4.78 is 27.2. The van der Waals surface area contributed by atoms with Crippen LogP contribution in [0.5, 0.6) is 0 Å². The highest BCUT2D eigenvalue weighted by molar-refractivity contribution is 7.89. The molecule has 3 aromatic carbocycles. The fourth-order valence-electron chi connectivity index (χ4n) is 3.18. The molecular weight excluding hydrogens is 398 g/mol. The number of hydrogen-bond donors (Lipinski definition) is 1. The first-order chi connectivity index (χ1) is 14.5. The molecule has 1 atom stereocenters. The zero-order valence-corrected chi connectivity index (χ0v) is 17.4. The average molecular weight is 420 g/mol. The molecule has 0 saturated carbocycles. The van der Waals surface area contributed by atoms with Gasteiger partial charge in [-0.15, -0.1) is 5.10 Å². The van der Waals surface area contributed by atoms with Crippen molar-refractivity contribution in [1.29, 1.82) is 0 Å². The van der Waals surface area contributed by atoms with E-state index in [-0.39, 0.29) is 10.9 Å². The van der Waals surface area contributed by atoms with Crippen molar-refractivity contribution in [3.8, 4) is 0 Å².